The summed E-state index contributed by atoms with van der Waals surface area (Å²) in [5, 5.41) is 14.5. The van der Waals surface area contributed by atoms with Gasteiger partial charge in [0.2, 0.25) is 11.6 Å². The largest absolute Gasteiger partial charge is 0.415 e. The van der Waals surface area contributed by atoms with Crippen LogP contribution >= 0.6 is 0 Å². The Labute approximate surface area is 138 Å². The average molecular weight is 352 g/mol. The second-order valence-corrected chi connectivity index (χ2v) is 5.54. The van der Waals surface area contributed by atoms with Crippen molar-refractivity contribution in [2.45, 2.75) is 18.6 Å². The fourth-order valence-electron chi connectivity index (χ4n) is 2.26. The maximum atomic E-state index is 14.2. The van der Waals surface area contributed by atoms with Crippen LogP contribution in [0.3, 0.4) is 0 Å². The first-order valence-corrected chi connectivity index (χ1v) is 7.28. The van der Waals surface area contributed by atoms with E-state index in [1.165, 1.54) is 17.1 Å². The number of alkyl halides is 3. The molecule has 0 N–H and O–H groups in total. The Morgan fingerprint density at radius 2 is 2.04 bits per heavy atom. The molecule has 0 aromatic carbocycles. The first kappa shape index (κ1) is 15.7. The van der Waals surface area contributed by atoms with Crippen LogP contribution in [-0.2, 0) is 17.0 Å². The van der Waals surface area contributed by atoms with Crippen LogP contribution in [0.4, 0.5) is 13.2 Å². The van der Waals surface area contributed by atoms with E-state index in [2.05, 4.69) is 25.5 Å². The van der Waals surface area contributed by atoms with Gasteiger partial charge >= 0.3 is 6.43 Å². The molecule has 25 heavy (non-hydrogen) atoms. The lowest BCUT2D eigenvalue weighted by atomic mass is 10.0. The van der Waals surface area contributed by atoms with Crippen LogP contribution in [0.1, 0.15) is 23.7 Å². The predicted molar refractivity (Wildman–Crippen MR) is 75.2 cm³/mol. The molecule has 0 atom stereocenters. The minimum atomic E-state index is -2.82. The monoisotopic (exact) mass is 352 g/mol. The molecule has 0 bridgehead atoms. The zero-order valence-corrected chi connectivity index (χ0v) is 12.6. The molecule has 4 rings (SSSR count). The van der Waals surface area contributed by atoms with Crippen molar-refractivity contribution in [3.63, 3.8) is 0 Å². The predicted octanol–water partition coefficient (Wildman–Crippen LogP) is 1.90. The van der Waals surface area contributed by atoms with Gasteiger partial charge in [-0.25, -0.2) is 9.07 Å². The second kappa shape index (κ2) is 5.92. The van der Waals surface area contributed by atoms with E-state index in [9.17, 15) is 13.2 Å². The van der Waals surface area contributed by atoms with Crippen LogP contribution in [0.15, 0.2) is 28.9 Å². The third-order valence-electron chi connectivity index (χ3n) is 3.68. The summed E-state index contributed by atoms with van der Waals surface area (Å²) in [6.07, 6.45) is 0.104. The molecule has 0 spiro atoms. The first-order valence-electron chi connectivity index (χ1n) is 7.28. The smallest absolute Gasteiger partial charge is 0.314 e. The molecule has 11 heteroatoms. The number of pyridine rings is 1. The van der Waals surface area contributed by atoms with E-state index < -0.39 is 18.0 Å². The molecule has 4 heterocycles. The lowest BCUT2D eigenvalue weighted by Crippen LogP contribution is -2.42. The Balaban J connectivity index is 1.47. The van der Waals surface area contributed by atoms with E-state index in [0.29, 0.717) is 11.3 Å². The number of halogens is 3. The summed E-state index contributed by atoms with van der Waals surface area (Å²) in [5.41, 5.74) is -0.320. The van der Waals surface area contributed by atoms with Gasteiger partial charge in [0, 0.05) is 6.20 Å². The van der Waals surface area contributed by atoms with Crippen LogP contribution in [-0.4, -0.2) is 43.4 Å². The standard InChI is InChI=1S/C14H11F3N6O2/c15-11(16)13-21-20-12(25-13)8-1-2-9(18-3-8)4-23-5-10(19-22-23)14(17)6-24-7-14/h1-3,5,11H,4,6-7H2. The maximum absolute atomic E-state index is 14.2. The average Bonchev–Trinajstić information content (AvgIpc) is 3.23. The Morgan fingerprint density at radius 3 is 2.64 bits per heavy atom. The molecule has 1 aliphatic rings. The maximum Gasteiger partial charge on any atom is 0.314 e. The van der Waals surface area contributed by atoms with Gasteiger partial charge in [-0.2, -0.15) is 8.78 Å². The van der Waals surface area contributed by atoms with Crippen LogP contribution in [0, 0.1) is 0 Å². The van der Waals surface area contributed by atoms with Gasteiger partial charge in [-0.15, -0.1) is 15.3 Å². The zero-order chi connectivity index (χ0) is 17.4. The lowest BCUT2D eigenvalue weighted by molar-refractivity contribution is -0.137. The van der Waals surface area contributed by atoms with E-state index in [1.807, 2.05) is 0 Å². The number of hydrogen-bond acceptors (Lipinski definition) is 7. The van der Waals surface area contributed by atoms with Crippen molar-refractivity contribution in [2.24, 2.45) is 0 Å². The number of nitrogens with zero attached hydrogens (tertiary/aromatic N) is 6. The summed E-state index contributed by atoms with van der Waals surface area (Å²) < 4.78 is 50.2. The van der Waals surface area contributed by atoms with Crippen LogP contribution in [0.2, 0.25) is 0 Å². The van der Waals surface area contributed by atoms with Gasteiger partial charge in [-0.1, -0.05) is 5.21 Å². The minimum Gasteiger partial charge on any atom is -0.415 e. The highest BCUT2D eigenvalue weighted by molar-refractivity contribution is 5.50. The molecule has 3 aromatic rings. The van der Waals surface area contributed by atoms with E-state index in [-0.39, 0.29) is 31.3 Å². The summed E-state index contributed by atoms with van der Waals surface area (Å²) in [6.45, 7) is 0.225. The van der Waals surface area contributed by atoms with E-state index >= 15 is 0 Å². The molecule has 3 aromatic heterocycles. The van der Waals surface area contributed by atoms with Gasteiger partial charge in [0.05, 0.1) is 37.2 Å². The van der Waals surface area contributed by atoms with Crippen LogP contribution < -0.4 is 0 Å². The number of aromatic nitrogens is 6. The molecule has 0 unspecified atom stereocenters. The quantitative estimate of drug-likeness (QED) is 0.692. The van der Waals surface area contributed by atoms with Crippen molar-refractivity contribution < 1.29 is 22.3 Å². The van der Waals surface area contributed by atoms with Crippen molar-refractivity contribution in [1.82, 2.24) is 30.2 Å². The zero-order valence-electron chi connectivity index (χ0n) is 12.6. The molecule has 1 saturated heterocycles. The molecule has 0 aliphatic carbocycles. The molecular formula is C14H11F3N6O2. The third kappa shape index (κ3) is 2.97. The Hall–Kier alpha value is -2.82. The van der Waals surface area contributed by atoms with Crippen molar-refractivity contribution in [2.75, 3.05) is 13.2 Å². The topological polar surface area (TPSA) is 91.8 Å². The van der Waals surface area contributed by atoms with E-state index in [0.717, 1.165) is 0 Å². The van der Waals surface area contributed by atoms with Crippen molar-refractivity contribution in [3.8, 4) is 11.5 Å². The summed E-state index contributed by atoms with van der Waals surface area (Å²) in [6, 6.07) is 3.26. The third-order valence-corrected chi connectivity index (χ3v) is 3.68. The van der Waals surface area contributed by atoms with Crippen molar-refractivity contribution in [3.05, 3.63) is 41.8 Å². The van der Waals surface area contributed by atoms with Gasteiger partial charge in [0.1, 0.15) is 5.69 Å². The van der Waals surface area contributed by atoms with Crippen LogP contribution in [0.25, 0.3) is 11.5 Å². The fourth-order valence-corrected chi connectivity index (χ4v) is 2.26. The van der Waals surface area contributed by atoms with Gasteiger partial charge in [0.25, 0.3) is 5.89 Å². The van der Waals surface area contributed by atoms with Gasteiger partial charge in [-0.05, 0) is 12.1 Å². The summed E-state index contributed by atoms with van der Waals surface area (Å²) >= 11 is 0. The molecule has 0 radical (unpaired) electrons. The van der Waals surface area contributed by atoms with E-state index in [1.54, 1.807) is 12.1 Å². The number of ether oxygens (including phenoxy) is 1. The molecule has 130 valence electrons. The SMILES string of the molecule is FC(F)c1nnc(-c2ccc(Cn3cc(C4(F)COC4)nn3)nc2)o1. The molecule has 0 amide bonds. The number of hydrogen-bond donors (Lipinski definition) is 0. The van der Waals surface area contributed by atoms with Gasteiger partial charge < -0.3 is 9.15 Å². The van der Waals surface area contributed by atoms with Crippen molar-refractivity contribution >= 4 is 0 Å². The second-order valence-electron chi connectivity index (χ2n) is 5.54. The molecule has 8 nitrogen and oxygen atoms in total. The Morgan fingerprint density at radius 1 is 1.20 bits per heavy atom. The molecule has 1 aliphatic heterocycles. The highest BCUT2D eigenvalue weighted by atomic mass is 19.3. The van der Waals surface area contributed by atoms with Crippen LogP contribution in [0.5, 0.6) is 0 Å². The number of rotatable bonds is 5. The van der Waals surface area contributed by atoms with E-state index in [4.69, 9.17) is 9.15 Å². The normalized spacial score (nSPS) is 16.2. The molecular weight excluding hydrogens is 341 g/mol. The fraction of sp³-hybridized carbons (Fsp3) is 0.357. The molecule has 1 fully saturated rings. The lowest BCUT2D eigenvalue weighted by Gasteiger charge is -2.31. The first-order chi connectivity index (χ1) is 12.0. The Kier molecular flexibility index (Phi) is 3.71. The van der Waals surface area contributed by atoms with Gasteiger partial charge in [-0.3, -0.25) is 4.98 Å². The van der Waals surface area contributed by atoms with Crippen molar-refractivity contribution in [1.29, 1.82) is 0 Å². The Bertz CT molecular complexity index is 875. The molecule has 0 saturated carbocycles. The highest BCUT2D eigenvalue weighted by Crippen LogP contribution is 2.32. The minimum absolute atomic E-state index is 0.0244. The summed E-state index contributed by atoms with van der Waals surface area (Å²) in [4.78, 5) is 4.19. The summed E-state index contributed by atoms with van der Waals surface area (Å²) in [7, 11) is 0. The van der Waals surface area contributed by atoms with Gasteiger partial charge in [0.15, 0.2) is 0 Å². The summed E-state index contributed by atoms with van der Waals surface area (Å²) in [5.74, 6) is -0.781. The highest BCUT2D eigenvalue weighted by Gasteiger charge is 2.43.